The molecule has 2 aromatic heterocycles. The topological polar surface area (TPSA) is 47.0 Å². The molecule has 2 rings (SSSR count). The van der Waals surface area contributed by atoms with E-state index in [2.05, 4.69) is 29.1 Å². The second-order valence-electron chi connectivity index (χ2n) is 5.27. The van der Waals surface area contributed by atoms with Gasteiger partial charge in [0.1, 0.15) is 12.4 Å². The minimum Gasteiger partial charge on any atom is -0.486 e. The highest BCUT2D eigenvalue weighted by Gasteiger charge is 2.01. The molecule has 0 aliphatic heterocycles. The first-order valence-corrected chi connectivity index (χ1v) is 7.40. The standard InChI is InChI=1S/C16H20ClN3O/c1-12(2)7-18-9-14-4-3-5-15(20-14)11-21-16-6-13(17)8-19-10-16/h3-6,8,10,12,18H,7,9,11H2,1-2H3. The molecular weight excluding hydrogens is 286 g/mol. The van der Waals surface area contributed by atoms with Crippen LogP contribution in [0.3, 0.4) is 0 Å². The zero-order chi connectivity index (χ0) is 15.1. The lowest BCUT2D eigenvalue weighted by Crippen LogP contribution is -2.19. The van der Waals surface area contributed by atoms with Gasteiger partial charge in [-0.05, 0) is 24.6 Å². The number of nitrogens with zero attached hydrogens (tertiary/aromatic N) is 2. The van der Waals surface area contributed by atoms with E-state index in [1.54, 1.807) is 18.5 Å². The molecule has 2 heterocycles. The number of hydrogen-bond acceptors (Lipinski definition) is 4. The van der Waals surface area contributed by atoms with Crippen molar-refractivity contribution in [2.45, 2.75) is 27.0 Å². The van der Waals surface area contributed by atoms with Gasteiger partial charge in [-0.2, -0.15) is 0 Å². The summed E-state index contributed by atoms with van der Waals surface area (Å²) >= 11 is 5.87. The van der Waals surface area contributed by atoms with E-state index in [1.165, 1.54) is 0 Å². The van der Waals surface area contributed by atoms with Crippen LogP contribution in [0.5, 0.6) is 5.75 Å². The van der Waals surface area contributed by atoms with Crippen molar-refractivity contribution in [3.63, 3.8) is 0 Å². The lowest BCUT2D eigenvalue weighted by Gasteiger charge is -2.09. The number of aromatic nitrogens is 2. The summed E-state index contributed by atoms with van der Waals surface area (Å²) in [7, 11) is 0. The maximum atomic E-state index is 5.87. The molecule has 0 bridgehead atoms. The fraction of sp³-hybridized carbons (Fsp3) is 0.375. The zero-order valence-electron chi connectivity index (χ0n) is 12.3. The Balaban J connectivity index is 1.88. The fourth-order valence-electron chi connectivity index (χ4n) is 1.83. The van der Waals surface area contributed by atoms with Crippen molar-refractivity contribution in [2.75, 3.05) is 6.54 Å². The van der Waals surface area contributed by atoms with Crippen molar-refractivity contribution in [1.29, 1.82) is 0 Å². The van der Waals surface area contributed by atoms with Crippen molar-refractivity contribution in [2.24, 2.45) is 5.92 Å². The van der Waals surface area contributed by atoms with E-state index in [1.807, 2.05) is 18.2 Å². The molecule has 0 spiro atoms. The molecule has 21 heavy (non-hydrogen) atoms. The van der Waals surface area contributed by atoms with Gasteiger partial charge in [0, 0.05) is 18.8 Å². The molecule has 1 N–H and O–H groups in total. The lowest BCUT2D eigenvalue weighted by molar-refractivity contribution is 0.299. The third kappa shape index (κ3) is 5.69. The summed E-state index contributed by atoms with van der Waals surface area (Å²) in [6.07, 6.45) is 3.22. The van der Waals surface area contributed by atoms with Crippen LogP contribution in [0.4, 0.5) is 0 Å². The van der Waals surface area contributed by atoms with Crippen LogP contribution in [0.15, 0.2) is 36.7 Å². The molecule has 0 unspecified atom stereocenters. The van der Waals surface area contributed by atoms with Gasteiger partial charge in [0.15, 0.2) is 0 Å². The Morgan fingerprint density at radius 1 is 1.24 bits per heavy atom. The van der Waals surface area contributed by atoms with Crippen molar-refractivity contribution in [1.82, 2.24) is 15.3 Å². The Kier molecular flexibility index (Phi) is 5.96. The summed E-state index contributed by atoms with van der Waals surface area (Å²) in [6.45, 7) is 6.52. The molecule has 0 radical (unpaired) electrons. The zero-order valence-corrected chi connectivity index (χ0v) is 13.1. The number of halogens is 1. The van der Waals surface area contributed by atoms with Crippen LogP contribution in [-0.2, 0) is 13.2 Å². The monoisotopic (exact) mass is 305 g/mol. The Morgan fingerprint density at radius 2 is 2.05 bits per heavy atom. The highest BCUT2D eigenvalue weighted by atomic mass is 35.5. The van der Waals surface area contributed by atoms with E-state index >= 15 is 0 Å². The van der Waals surface area contributed by atoms with Crippen molar-refractivity contribution in [3.8, 4) is 5.75 Å². The molecule has 0 aliphatic carbocycles. The second kappa shape index (κ2) is 7.96. The van der Waals surface area contributed by atoms with E-state index < -0.39 is 0 Å². The van der Waals surface area contributed by atoms with Gasteiger partial charge in [0.25, 0.3) is 0 Å². The number of rotatable bonds is 7. The van der Waals surface area contributed by atoms with Gasteiger partial charge in [-0.3, -0.25) is 9.97 Å². The Labute approximate surface area is 130 Å². The van der Waals surface area contributed by atoms with E-state index in [0.29, 0.717) is 23.3 Å². The Morgan fingerprint density at radius 3 is 2.81 bits per heavy atom. The summed E-state index contributed by atoms with van der Waals surface area (Å²) in [5.41, 5.74) is 1.90. The molecular formula is C16H20ClN3O. The van der Waals surface area contributed by atoms with E-state index in [9.17, 15) is 0 Å². The van der Waals surface area contributed by atoms with E-state index in [-0.39, 0.29) is 0 Å². The summed E-state index contributed by atoms with van der Waals surface area (Å²) in [4.78, 5) is 8.55. The van der Waals surface area contributed by atoms with Gasteiger partial charge >= 0.3 is 0 Å². The predicted molar refractivity (Wildman–Crippen MR) is 84.4 cm³/mol. The molecule has 0 saturated heterocycles. The van der Waals surface area contributed by atoms with Crippen LogP contribution in [0.2, 0.25) is 5.02 Å². The van der Waals surface area contributed by atoms with Crippen molar-refractivity contribution < 1.29 is 4.74 Å². The number of nitrogens with one attached hydrogen (secondary N) is 1. The first-order valence-electron chi connectivity index (χ1n) is 7.02. The normalized spacial score (nSPS) is 10.9. The molecule has 0 saturated carbocycles. The minimum atomic E-state index is 0.403. The third-order valence-corrected chi connectivity index (χ3v) is 3.00. The minimum absolute atomic E-state index is 0.403. The molecule has 0 atom stereocenters. The molecule has 2 aromatic rings. The van der Waals surface area contributed by atoms with Crippen LogP contribution in [0, 0.1) is 5.92 Å². The highest BCUT2D eigenvalue weighted by molar-refractivity contribution is 6.30. The summed E-state index contributed by atoms with van der Waals surface area (Å²) in [5.74, 6) is 1.28. The Bertz CT molecular complexity index is 575. The lowest BCUT2D eigenvalue weighted by atomic mass is 10.2. The molecule has 0 fully saturated rings. The predicted octanol–water partition coefficient (Wildman–Crippen LogP) is 3.45. The first kappa shape index (κ1) is 15.7. The number of hydrogen-bond donors (Lipinski definition) is 1. The highest BCUT2D eigenvalue weighted by Crippen LogP contribution is 2.16. The van der Waals surface area contributed by atoms with Gasteiger partial charge in [-0.15, -0.1) is 0 Å². The molecule has 4 nitrogen and oxygen atoms in total. The molecule has 0 aliphatic rings. The number of ether oxygens (including phenoxy) is 1. The SMILES string of the molecule is CC(C)CNCc1cccc(COc2cncc(Cl)c2)n1. The largest absolute Gasteiger partial charge is 0.486 e. The van der Waals surface area contributed by atoms with Crippen molar-refractivity contribution in [3.05, 3.63) is 53.1 Å². The number of pyridine rings is 2. The van der Waals surface area contributed by atoms with Crippen molar-refractivity contribution >= 4 is 11.6 Å². The van der Waals surface area contributed by atoms with Crippen LogP contribution < -0.4 is 10.1 Å². The maximum absolute atomic E-state index is 5.87. The average molecular weight is 306 g/mol. The fourth-order valence-corrected chi connectivity index (χ4v) is 1.99. The third-order valence-electron chi connectivity index (χ3n) is 2.79. The van der Waals surface area contributed by atoms with Crippen LogP contribution >= 0.6 is 11.6 Å². The van der Waals surface area contributed by atoms with Gasteiger partial charge in [0.05, 0.1) is 22.6 Å². The molecule has 0 aromatic carbocycles. The second-order valence-corrected chi connectivity index (χ2v) is 5.71. The van der Waals surface area contributed by atoms with Gasteiger partial charge in [0.2, 0.25) is 0 Å². The van der Waals surface area contributed by atoms with E-state index in [0.717, 1.165) is 24.5 Å². The van der Waals surface area contributed by atoms with Crippen LogP contribution in [0.25, 0.3) is 0 Å². The summed E-state index contributed by atoms with van der Waals surface area (Å²) in [5, 5.41) is 3.94. The maximum Gasteiger partial charge on any atom is 0.139 e. The molecule has 112 valence electrons. The molecule has 5 heteroatoms. The quantitative estimate of drug-likeness (QED) is 0.851. The van der Waals surface area contributed by atoms with Crippen LogP contribution in [0.1, 0.15) is 25.2 Å². The Hall–Kier alpha value is -1.65. The average Bonchev–Trinajstić information content (AvgIpc) is 2.45. The smallest absolute Gasteiger partial charge is 0.139 e. The van der Waals surface area contributed by atoms with E-state index in [4.69, 9.17) is 16.3 Å². The summed E-state index contributed by atoms with van der Waals surface area (Å²) < 4.78 is 5.64. The van der Waals surface area contributed by atoms with Gasteiger partial charge in [-0.25, -0.2) is 0 Å². The summed E-state index contributed by atoms with van der Waals surface area (Å²) in [6, 6.07) is 7.69. The first-order chi connectivity index (χ1) is 10.1. The van der Waals surface area contributed by atoms with Gasteiger partial charge < -0.3 is 10.1 Å². The van der Waals surface area contributed by atoms with Gasteiger partial charge in [-0.1, -0.05) is 31.5 Å². The molecule has 0 amide bonds. The van der Waals surface area contributed by atoms with Crippen LogP contribution in [-0.4, -0.2) is 16.5 Å².